The van der Waals surface area contributed by atoms with Crippen molar-refractivity contribution in [3.8, 4) is 0 Å². The highest BCUT2D eigenvalue weighted by Crippen LogP contribution is 2.28. The molecule has 0 radical (unpaired) electrons. The normalized spacial score (nSPS) is 11.3. The minimum Gasteiger partial charge on any atom is -0.278 e. The standard InChI is InChI=1S/C12H8BrClFNO2S/c13-9-7-8(14)5-6-11(9)16-19(17,18)12-4-2-1-3-10(12)15/h1-7,16H. The van der Waals surface area contributed by atoms with E-state index in [4.69, 9.17) is 11.6 Å². The molecule has 0 amide bonds. The van der Waals surface area contributed by atoms with Crippen molar-refractivity contribution in [2.45, 2.75) is 4.90 Å². The van der Waals surface area contributed by atoms with Crippen LogP contribution >= 0.6 is 27.5 Å². The highest BCUT2D eigenvalue weighted by atomic mass is 79.9. The molecule has 0 heterocycles. The third-order valence-electron chi connectivity index (χ3n) is 2.30. The van der Waals surface area contributed by atoms with E-state index in [0.29, 0.717) is 9.50 Å². The Morgan fingerprint density at radius 3 is 2.47 bits per heavy atom. The van der Waals surface area contributed by atoms with Gasteiger partial charge >= 0.3 is 0 Å². The first kappa shape index (κ1) is 14.3. The van der Waals surface area contributed by atoms with E-state index in [9.17, 15) is 12.8 Å². The molecular weight excluding hydrogens is 357 g/mol. The first-order chi connectivity index (χ1) is 8.90. The molecule has 0 spiro atoms. The quantitative estimate of drug-likeness (QED) is 0.893. The van der Waals surface area contributed by atoms with Crippen molar-refractivity contribution in [3.05, 3.63) is 57.8 Å². The Balaban J connectivity index is 2.40. The molecule has 0 atom stereocenters. The van der Waals surface area contributed by atoms with Gasteiger partial charge in [0.15, 0.2) is 0 Å². The van der Waals surface area contributed by atoms with E-state index in [-0.39, 0.29) is 5.69 Å². The van der Waals surface area contributed by atoms with Crippen molar-refractivity contribution in [1.82, 2.24) is 0 Å². The summed E-state index contributed by atoms with van der Waals surface area (Å²) in [4.78, 5) is -0.406. The largest absolute Gasteiger partial charge is 0.278 e. The van der Waals surface area contributed by atoms with Crippen molar-refractivity contribution in [1.29, 1.82) is 0 Å². The summed E-state index contributed by atoms with van der Waals surface area (Å²) in [6.07, 6.45) is 0. The molecule has 1 N–H and O–H groups in total. The summed E-state index contributed by atoms with van der Waals surface area (Å²) in [5.74, 6) is -0.805. The van der Waals surface area contributed by atoms with Crippen LogP contribution in [0.4, 0.5) is 10.1 Å². The van der Waals surface area contributed by atoms with Crippen molar-refractivity contribution in [2.75, 3.05) is 4.72 Å². The van der Waals surface area contributed by atoms with Gasteiger partial charge in [-0.25, -0.2) is 12.8 Å². The maximum atomic E-state index is 13.5. The molecule has 0 saturated carbocycles. The van der Waals surface area contributed by atoms with Crippen LogP contribution in [0, 0.1) is 5.82 Å². The van der Waals surface area contributed by atoms with Gasteiger partial charge in [0.25, 0.3) is 10.0 Å². The lowest BCUT2D eigenvalue weighted by molar-refractivity contribution is 0.570. The number of benzene rings is 2. The Morgan fingerprint density at radius 2 is 1.84 bits per heavy atom. The molecule has 0 aliphatic heterocycles. The summed E-state index contributed by atoms with van der Waals surface area (Å²) < 4.78 is 40.4. The summed E-state index contributed by atoms with van der Waals surface area (Å²) in [6, 6.07) is 9.73. The Hall–Kier alpha value is -1.11. The summed E-state index contributed by atoms with van der Waals surface area (Å²) in [7, 11) is -3.98. The lowest BCUT2D eigenvalue weighted by Crippen LogP contribution is -2.14. The van der Waals surface area contributed by atoms with Gasteiger partial charge < -0.3 is 0 Å². The minimum absolute atomic E-state index is 0.285. The second kappa shape index (κ2) is 5.48. The first-order valence-corrected chi connectivity index (χ1v) is 7.78. The molecular formula is C12H8BrClFNO2S. The van der Waals surface area contributed by atoms with E-state index >= 15 is 0 Å². The predicted octanol–water partition coefficient (Wildman–Crippen LogP) is 4.04. The first-order valence-electron chi connectivity index (χ1n) is 5.12. The number of hydrogen-bond acceptors (Lipinski definition) is 2. The van der Waals surface area contributed by atoms with E-state index in [0.717, 1.165) is 6.07 Å². The summed E-state index contributed by atoms with van der Waals surface area (Å²) in [6.45, 7) is 0. The van der Waals surface area contributed by atoms with Crippen molar-refractivity contribution >= 4 is 43.2 Å². The molecule has 0 fully saturated rings. The monoisotopic (exact) mass is 363 g/mol. The Labute approximate surface area is 123 Å². The fourth-order valence-electron chi connectivity index (χ4n) is 1.43. The number of sulfonamides is 1. The molecule has 7 heteroatoms. The maximum absolute atomic E-state index is 13.5. The molecule has 0 bridgehead atoms. The van der Waals surface area contributed by atoms with E-state index < -0.39 is 20.7 Å². The number of anilines is 1. The van der Waals surface area contributed by atoms with Gasteiger partial charge in [0, 0.05) is 9.50 Å². The Bertz CT molecular complexity index is 721. The zero-order valence-corrected chi connectivity index (χ0v) is 12.6. The van der Waals surface area contributed by atoms with Crippen LogP contribution in [-0.4, -0.2) is 8.42 Å². The van der Waals surface area contributed by atoms with Gasteiger partial charge in [-0.15, -0.1) is 0 Å². The summed E-state index contributed by atoms with van der Waals surface area (Å²) >= 11 is 8.95. The predicted molar refractivity (Wildman–Crippen MR) is 76.4 cm³/mol. The molecule has 0 aliphatic rings. The van der Waals surface area contributed by atoms with E-state index in [1.54, 1.807) is 6.07 Å². The fraction of sp³-hybridized carbons (Fsp3) is 0. The van der Waals surface area contributed by atoms with Gasteiger partial charge in [-0.3, -0.25) is 4.72 Å². The SMILES string of the molecule is O=S(=O)(Nc1ccc(Cl)cc1Br)c1ccccc1F. The second-order valence-corrected chi connectivity index (χ2v) is 6.60. The second-order valence-electron chi connectivity index (χ2n) is 3.66. The van der Waals surface area contributed by atoms with Crippen LogP contribution in [0.2, 0.25) is 5.02 Å². The highest BCUT2D eigenvalue weighted by molar-refractivity contribution is 9.10. The molecule has 100 valence electrons. The third kappa shape index (κ3) is 3.26. The van der Waals surface area contributed by atoms with Gasteiger partial charge in [-0.2, -0.15) is 0 Å². The van der Waals surface area contributed by atoms with Crippen molar-refractivity contribution < 1.29 is 12.8 Å². The molecule has 0 aliphatic carbocycles. The molecule has 3 nitrogen and oxygen atoms in total. The Morgan fingerprint density at radius 1 is 1.16 bits per heavy atom. The number of rotatable bonds is 3. The van der Waals surface area contributed by atoms with Crippen LogP contribution in [0.25, 0.3) is 0 Å². The van der Waals surface area contributed by atoms with Crippen LogP contribution in [0.3, 0.4) is 0 Å². The van der Waals surface area contributed by atoms with Crippen LogP contribution in [0.5, 0.6) is 0 Å². The number of hydrogen-bond donors (Lipinski definition) is 1. The van der Waals surface area contributed by atoms with Gasteiger partial charge in [0.05, 0.1) is 5.69 Å². The lowest BCUT2D eigenvalue weighted by atomic mass is 10.3. The van der Waals surface area contributed by atoms with Crippen LogP contribution in [-0.2, 0) is 10.0 Å². The van der Waals surface area contributed by atoms with Crippen LogP contribution in [0.15, 0.2) is 51.8 Å². The Kier molecular flexibility index (Phi) is 4.13. The zero-order chi connectivity index (χ0) is 14.0. The topological polar surface area (TPSA) is 46.2 Å². The van der Waals surface area contributed by atoms with Gasteiger partial charge in [-0.05, 0) is 46.3 Å². The zero-order valence-electron chi connectivity index (χ0n) is 9.40. The molecule has 19 heavy (non-hydrogen) atoms. The van der Waals surface area contributed by atoms with Crippen molar-refractivity contribution in [2.24, 2.45) is 0 Å². The van der Waals surface area contributed by atoms with Crippen molar-refractivity contribution in [3.63, 3.8) is 0 Å². The highest BCUT2D eigenvalue weighted by Gasteiger charge is 2.19. The fourth-order valence-corrected chi connectivity index (χ4v) is 3.51. The summed E-state index contributed by atoms with van der Waals surface area (Å²) in [5, 5.41) is 0.459. The molecule has 2 rings (SSSR count). The average molecular weight is 365 g/mol. The minimum atomic E-state index is -3.98. The number of nitrogens with one attached hydrogen (secondary N) is 1. The summed E-state index contributed by atoms with van der Waals surface area (Å²) in [5.41, 5.74) is 0.285. The van der Waals surface area contributed by atoms with E-state index in [1.165, 1.54) is 30.3 Å². The van der Waals surface area contributed by atoms with E-state index in [1.807, 2.05) is 0 Å². The molecule has 2 aromatic rings. The smallest absolute Gasteiger partial charge is 0.264 e. The molecule has 0 aromatic heterocycles. The van der Waals surface area contributed by atoms with Gasteiger partial charge in [-0.1, -0.05) is 23.7 Å². The van der Waals surface area contributed by atoms with Crippen LogP contribution < -0.4 is 4.72 Å². The van der Waals surface area contributed by atoms with Gasteiger partial charge in [0.1, 0.15) is 10.7 Å². The van der Waals surface area contributed by atoms with Gasteiger partial charge in [0.2, 0.25) is 0 Å². The number of halogens is 3. The third-order valence-corrected chi connectivity index (χ3v) is 4.59. The average Bonchev–Trinajstić information content (AvgIpc) is 2.33. The molecule has 0 saturated heterocycles. The lowest BCUT2D eigenvalue weighted by Gasteiger charge is -2.10. The van der Waals surface area contributed by atoms with Crippen LogP contribution in [0.1, 0.15) is 0 Å². The molecule has 0 unspecified atom stereocenters. The molecule has 2 aromatic carbocycles. The van der Waals surface area contributed by atoms with E-state index in [2.05, 4.69) is 20.7 Å². The maximum Gasteiger partial charge on any atom is 0.264 e.